The molecule has 3 rings (SSSR count). The van der Waals surface area contributed by atoms with Crippen LogP contribution in [0, 0.1) is 5.92 Å². The normalized spacial score (nSPS) is 13.8. The number of nitrogens with one attached hydrogen (secondary N) is 8. The molecule has 3 aromatic rings. The largest absolute Gasteiger partial charge is 0.481 e. The molecule has 0 saturated heterocycles. The molecule has 29 heteroatoms. The highest BCUT2D eigenvalue weighted by Crippen LogP contribution is 2.13. The summed E-state index contributed by atoms with van der Waals surface area (Å²) in [5, 5.41) is 47.8. The van der Waals surface area contributed by atoms with E-state index in [0.29, 0.717) is 35.1 Å². The fourth-order valence-corrected chi connectivity index (χ4v) is 8.44. The van der Waals surface area contributed by atoms with Crippen LogP contribution < -0.4 is 65.6 Å². The van der Waals surface area contributed by atoms with Crippen LogP contribution in [0.3, 0.4) is 0 Å². The van der Waals surface area contributed by atoms with Gasteiger partial charge in [0.2, 0.25) is 53.2 Å². The molecule has 0 unspecified atom stereocenters. The Hall–Kier alpha value is -9.35. The van der Waals surface area contributed by atoms with E-state index in [2.05, 4.69) is 47.4 Å². The summed E-state index contributed by atoms with van der Waals surface area (Å²) in [6, 6.07) is 10.3. The van der Waals surface area contributed by atoms with Gasteiger partial charge < -0.3 is 75.1 Å². The highest BCUT2D eigenvalue weighted by Gasteiger charge is 2.36. The molecule has 462 valence electrons. The van der Waals surface area contributed by atoms with E-state index >= 15 is 0 Å². The van der Waals surface area contributed by atoms with E-state index in [4.69, 9.17) is 28.2 Å². The van der Waals surface area contributed by atoms with E-state index in [9.17, 15) is 72.5 Å². The average molecular weight is 1190 g/mol. The topological polar surface area (TPSA) is 492 Å². The van der Waals surface area contributed by atoms with Gasteiger partial charge in [-0.25, -0.2) is 5.90 Å². The van der Waals surface area contributed by atoms with Crippen molar-refractivity contribution in [1.29, 1.82) is 0 Å². The summed E-state index contributed by atoms with van der Waals surface area (Å²) >= 11 is 0. The van der Waals surface area contributed by atoms with Crippen LogP contribution in [0.1, 0.15) is 105 Å². The van der Waals surface area contributed by atoms with Gasteiger partial charge in [0, 0.05) is 37.8 Å². The molecule has 0 heterocycles. The molecule has 0 aromatic heterocycles. The highest BCUT2D eigenvalue weighted by atomic mass is 16.6. The maximum absolute atomic E-state index is 14.6. The molecule has 3 aromatic carbocycles. The monoisotopic (exact) mass is 1190 g/mol. The Morgan fingerprint density at radius 3 is 1.44 bits per heavy atom. The molecular formula is C56H76N12O17. The minimum atomic E-state index is -2.00. The Morgan fingerprint density at radius 1 is 0.482 bits per heavy atom. The van der Waals surface area contributed by atoms with Crippen molar-refractivity contribution in [2.24, 2.45) is 29.0 Å². The van der Waals surface area contributed by atoms with E-state index in [1.54, 1.807) is 98.8 Å². The number of aliphatic carboxylic acids is 3. The van der Waals surface area contributed by atoms with Gasteiger partial charge in [-0.05, 0) is 73.3 Å². The third-order valence-corrected chi connectivity index (χ3v) is 12.8. The summed E-state index contributed by atoms with van der Waals surface area (Å²) in [6.07, 6.45) is -4.10. The fourth-order valence-electron chi connectivity index (χ4n) is 8.44. The Balaban J connectivity index is 1.89. The van der Waals surface area contributed by atoms with Crippen molar-refractivity contribution in [2.45, 2.75) is 146 Å². The van der Waals surface area contributed by atoms with Crippen molar-refractivity contribution >= 4 is 77.0 Å². The number of unbranched alkanes of at least 4 members (excludes halogenated alkanes) is 1. The molecule has 10 amide bonds. The van der Waals surface area contributed by atoms with Gasteiger partial charge in [-0.15, -0.1) is 0 Å². The second kappa shape index (κ2) is 36.3. The van der Waals surface area contributed by atoms with E-state index in [1.807, 2.05) is 0 Å². The summed E-state index contributed by atoms with van der Waals surface area (Å²) < 4.78 is 0. The Kier molecular flexibility index (Phi) is 29.8. The van der Waals surface area contributed by atoms with E-state index < -0.39 is 158 Å². The lowest BCUT2D eigenvalue weighted by atomic mass is 9.99. The molecule has 85 heavy (non-hydrogen) atoms. The number of carboxylic acids is 3. The van der Waals surface area contributed by atoms with Crippen molar-refractivity contribution in [3.05, 3.63) is 107 Å². The van der Waals surface area contributed by atoms with Gasteiger partial charge in [0.25, 0.3) is 5.91 Å². The van der Waals surface area contributed by atoms with Crippen LogP contribution in [0.5, 0.6) is 0 Å². The van der Waals surface area contributed by atoms with Crippen molar-refractivity contribution in [2.75, 3.05) is 6.54 Å². The van der Waals surface area contributed by atoms with Crippen LogP contribution in [0.25, 0.3) is 0 Å². The first-order valence-corrected chi connectivity index (χ1v) is 27.1. The predicted octanol–water partition coefficient (Wildman–Crippen LogP) is -2.21. The molecular weight excluding hydrogens is 1110 g/mol. The summed E-state index contributed by atoms with van der Waals surface area (Å²) in [5.41, 5.74) is 18.9. The van der Waals surface area contributed by atoms with Crippen LogP contribution >= 0.6 is 0 Å². The molecule has 0 fully saturated rings. The number of primary amides is 2. The quantitative estimate of drug-likeness (QED) is 0.0213. The predicted molar refractivity (Wildman–Crippen MR) is 302 cm³/mol. The highest BCUT2D eigenvalue weighted by molar-refractivity contribution is 6.00. The fraction of sp³-hybridized carbons (Fsp3) is 0.446. The Labute approximate surface area is 489 Å². The zero-order chi connectivity index (χ0) is 63.2. The second-order valence-corrected chi connectivity index (χ2v) is 20.3. The number of hydrogen-bond acceptors (Lipinski definition) is 16. The Bertz CT molecular complexity index is 2810. The number of hydrogen-bond donors (Lipinski definition) is 15. The molecule has 0 aliphatic carbocycles. The lowest BCUT2D eigenvalue weighted by Gasteiger charge is -2.28. The molecule has 19 N–H and O–H groups in total. The van der Waals surface area contributed by atoms with Crippen molar-refractivity contribution < 1.29 is 82.5 Å². The molecule has 0 radical (unpaired) electrons. The Morgan fingerprint density at radius 2 is 0.929 bits per heavy atom. The summed E-state index contributed by atoms with van der Waals surface area (Å²) in [4.78, 5) is 174. The number of amides is 10. The van der Waals surface area contributed by atoms with Crippen molar-refractivity contribution in [1.82, 2.24) is 42.5 Å². The number of carbonyl (C=O) groups is 13. The van der Waals surface area contributed by atoms with Crippen LogP contribution in [0.15, 0.2) is 84.9 Å². The number of carboxylic acid groups (broad SMARTS) is 3. The van der Waals surface area contributed by atoms with Crippen molar-refractivity contribution in [3.63, 3.8) is 0 Å². The van der Waals surface area contributed by atoms with Gasteiger partial charge in [-0.1, -0.05) is 86.6 Å². The zero-order valence-corrected chi connectivity index (χ0v) is 47.0. The number of nitrogens with two attached hydrogens (primary N) is 4. The first-order valence-electron chi connectivity index (χ1n) is 27.1. The van der Waals surface area contributed by atoms with E-state index in [-0.39, 0.29) is 50.7 Å². The van der Waals surface area contributed by atoms with E-state index in [0.717, 1.165) is 0 Å². The summed E-state index contributed by atoms with van der Waals surface area (Å²) in [6.45, 7) is 3.88. The summed E-state index contributed by atoms with van der Waals surface area (Å²) in [5.74, 6) is -9.48. The SMILES string of the molecule is CC(C)C[C@H](NC(=O)[C@H](Cc1ccccc1)NC(=O)[C@H](Cc1ccccc1)NC(=O)[C@H](CCC(=O)O)NC(=O)[C@H](CC(N)=O)NC(=O)[C@H](CC(=O)O)NC(=O)[C@@H](N)CCC(=O)O)C(=O)N[C@@H](CCCCNC(=O)c1cccc(CON)c1)C(N)=O. The molecule has 0 saturated carbocycles. The third-order valence-electron chi connectivity index (χ3n) is 12.8. The standard InChI is InChI=1S/C56H76N12O17/c1-31(2)24-39(52(80)62-37(48(59)76)18-9-10-23-61-49(77)35-17-11-16-34(25-35)30-85-60)65-53(81)41(27-33-14-7-4-8-15-33)67-54(82)40(26-32-12-5-3-6-13-32)66-51(79)38(20-22-46(72)73)63-55(83)42(28-44(58)69)68-56(84)43(29-47(74)75)64-50(78)36(57)19-21-45(70)71/h3-8,11-17,25,31,36-43H,9-10,18-24,26-30,57,60H2,1-2H3,(H2,58,69)(H2,59,76)(H,61,77)(H,62,80)(H,63,83)(H,64,78)(H,65,81)(H,66,79)(H,67,82)(H,68,84)(H,70,71)(H,72,73)(H,74,75)/t36-,37-,38-,39-,40-,41-,42-,43-/m0/s1. The molecule has 29 nitrogen and oxygen atoms in total. The zero-order valence-electron chi connectivity index (χ0n) is 47.0. The van der Waals surface area contributed by atoms with Gasteiger partial charge in [0.15, 0.2) is 0 Å². The maximum atomic E-state index is 14.6. The third kappa shape index (κ3) is 26.6. The average Bonchev–Trinajstić information content (AvgIpc) is 3.62. The minimum absolute atomic E-state index is 0.0458. The first kappa shape index (κ1) is 69.9. The smallest absolute Gasteiger partial charge is 0.305 e. The van der Waals surface area contributed by atoms with Crippen LogP contribution in [0.4, 0.5) is 0 Å². The number of benzene rings is 3. The summed E-state index contributed by atoms with van der Waals surface area (Å²) in [7, 11) is 0. The molecule has 8 atom stereocenters. The van der Waals surface area contributed by atoms with Crippen LogP contribution in [-0.4, -0.2) is 147 Å². The second-order valence-electron chi connectivity index (χ2n) is 20.3. The van der Waals surface area contributed by atoms with Gasteiger partial charge >= 0.3 is 17.9 Å². The minimum Gasteiger partial charge on any atom is -0.481 e. The van der Waals surface area contributed by atoms with Crippen LogP contribution in [0.2, 0.25) is 0 Å². The van der Waals surface area contributed by atoms with Gasteiger partial charge in [0.05, 0.1) is 25.5 Å². The van der Waals surface area contributed by atoms with Gasteiger partial charge in [-0.3, -0.25) is 67.2 Å². The van der Waals surface area contributed by atoms with Gasteiger partial charge in [0.1, 0.15) is 42.3 Å². The first-order chi connectivity index (χ1) is 40.3. The maximum Gasteiger partial charge on any atom is 0.305 e. The molecule has 0 aliphatic rings. The number of carbonyl (C=O) groups excluding carboxylic acids is 10. The van der Waals surface area contributed by atoms with Crippen molar-refractivity contribution in [3.8, 4) is 0 Å². The van der Waals surface area contributed by atoms with E-state index in [1.165, 1.54) is 0 Å². The molecule has 0 spiro atoms. The van der Waals surface area contributed by atoms with Gasteiger partial charge in [-0.2, -0.15) is 0 Å². The van der Waals surface area contributed by atoms with Crippen LogP contribution in [-0.2, 0) is 81.8 Å². The molecule has 0 bridgehead atoms. The lowest BCUT2D eigenvalue weighted by Crippen LogP contribution is -2.61. The lowest BCUT2D eigenvalue weighted by molar-refractivity contribution is -0.142. The molecule has 0 aliphatic heterocycles. The number of rotatable bonds is 39.